The summed E-state index contributed by atoms with van der Waals surface area (Å²) < 4.78 is 5.88. The maximum absolute atomic E-state index is 12.0. The second-order valence-electron chi connectivity index (χ2n) is 3.67. The normalized spacial score (nSPS) is 9.89. The molecule has 0 aliphatic carbocycles. The van der Waals surface area contributed by atoms with E-state index in [-0.39, 0.29) is 5.91 Å². The van der Waals surface area contributed by atoms with Gasteiger partial charge in [-0.05, 0) is 46.3 Å². The van der Waals surface area contributed by atoms with Gasteiger partial charge in [-0.2, -0.15) is 0 Å². The van der Waals surface area contributed by atoms with Crippen LogP contribution in [0.15, 0.2) is 53.0 Å². The molecular formula is C14H12BrNO2. The first-order valence-electron chi connectivity index (χ1n) is 5.40. The molecule has 0 aliphatic rings. The number of carbonyl (C=O) groups excluding carboxylic acids is 1. The summed E-state index contributed by atoms with van der Waals surface area (Å²) in [6.07, 6.45) is 0. The Morgan fingerprint density at radius 2 is 1.89 bits per heavy atom. The average Bonchev–Trinajstić information content (AvgIpc) is 2.42. The van der Waals surface area contributed by atoms with Crippen LogP contribution >= 0.6 is 15.9 Å². The zero-order valence-corrected chi connectivity index (χ0v) is 11.4. The number of ether oxygens (including phenoxy) is 1. The van der Waals surface area contributed by atoms with Crippen molar-refractivity contribution in [2.75, 3.05) is 12.4 Å². The van der Waals surface area contributed by atoms with Crippen LogP contribution in [0.5, 0.6) is 5.75 Å². The number of amides is 1. The first kappa shape index (κ1) is 12.6. The number of methoxy groups -OCH3 is 1. The summed E-state index contributed by atoms with van der Waals surface area (Å²) in [4.78, 5) is 12.0. The molecule has 92 valence electrons. The van der Waals surface area contributed by atoms with Gasteiger partial charge in [0.05, 0.1) is 12.8 Å². The van der Waals surface area contributed by atoms with Crippen molar-refractivity contribution in [1.29, 1.82) is 0 Å². The number of hydrogen-bond donors (Lipinski definition) is 1. The summed E-state index contributed by atoms with van der Waals surface area (Å²) in [5.74, 6) is 0.598. The van der Waals surface area contributed by atoms with Crippen molar-refractivity contribution in [1.82, 2.24) is 0 Å². The predicted octanol–water partition coefficient (Wildman–Crippen LogP) is 3.71. The minimum absolute atomic E-state index is 0.138. The molecule has 18 heavy (non-hydrogen) atoms. The smallest absolute Gasteiger partial charge is 0.255 e. The number of hydrogen-bond acceptors (Lipinski definition) is 2. The molecule has 0 aromatic heterocycles. The molecule has 0 saturated heterocycles. The molecule has 2 rings (SSSR count). The van der Waals surface area contributed by atoms with E-state index in [0.29, 0.717) is 11.3 Å². The third-order valence-corrected chi connectivity index (χ3v) is 3.12. The largest absolute Gasteiger partial charge is 0.497 e. The van der Waals surface area contributed by atoms with Crippen molar-refractivity contribution in [3.63, 3.8) is 0 Å². The predicted molar refractivity (Wildman–Crippen MR) is 75.1 cm³/mol. The number of carbonyl (C=O) groups is 1. The third-order valence-electron chi connectivity index (χ3n) is 2.46. The lowest BCUT2D eigenvalue weighted by Gasteiger charge is -2.08. The molecule has 0 unspecified atom stereocenters. The number of rotatable bonds is 3. The number of halogens is 1. The van der Waals surface area contributed by atoms with Gasteiger partial charge in [-0.3, -0.25) is 4.79 Å². The molecule has 0 heterocycles. The second-order valence-corrected chi connectivity index (χ2v) is 4.52. The molecule has 3 nitrogen and oxygen atoms in total. The van der Waals surface area contributed by atoms with Crippen LogP contribution in [-0.4, -0.2) is 13.0 Å². The Morgan fingerprint density at radius 1 is 1.17 bits per heavy atom. The lowest BCUT2D eigenvalue weighted by atomic mass is 10.2. The van der Waals surface area contributed by atoms with E-state index < -0.39 is 0 Å². The number of benzene rings is 2. The first-order chi connectivity index (χ1) is 8.70. The van der Waals surface area contributed by atoms with Crippen LogP contribution < -0.4 is 10.1 Å². The van der Waals surface area contributed by atoms with Gasteiger partial charge in [0.15, 0.2) is 0 Å². The fourth-order valence-corrected chi connectivity index (χ4v) is 1.97. The van der Waals surface area contributed by atoms with Gasteiger partial charge < -0.3 is 10.1 Å². The summed E-state index contributed by atoms with van der Waals surface area (Å²) in [7, 11) is 1.60. The summed E-state index contributed by atoms with van der Waals surface area (Å²) in [5.41, 5.74) is 1.34. The van der Waals surface area contributed by atoms with E-state index in [9.17, 15) is 4.79 Å². The quantitative estimate of drug-likeness (QED) is 0.939. The van der Waals surface area contributed by atoms with Gasteiger partial charge >= 0.3 is 0 Å². The Morgan fingerprint density at radius 3 is 2.50 bits per heavy atom. The van der Waals surface area contributed by atoms with E-state index in [1.165, 1.54) is 0 Å². The number of nitrogens with one attached hydrogen (secondary N) is 1. The van der Waals surface area contributed by atoms with E-state index in [1.807, 2.05) is 18.2 Å². The van der Waals surface area contributed by atoms with Crippen LogP contribution in [0.1, 0.15) is 10.4 Å². The van der Waals surface area contributed by atoms with Crippen LogP contribution in [0.4, 0.5) is 5.69 Å². The van der Waals surface area contributed by atoms with Gasteiger partial charge in [0, 0.05) is 10.0 Å². The molecule has 2 aromatic rings. The number of anilines is 1. The SMILES string of the molecule is COc1ccc(NC(=O)c2ccccc2)c(Br)c1. The molecule has 0 bridgehead atoms. The highest BCUT2D eigenvalue weighted by atomic mass is 79.9. The van der Waals surface area contributed by atoms with E-state index in [1.54, 1.807) is 37.4 Å². The molecule has 1 N–H and O–H groups in total. The van der Waals surface area contributed by atoms with Crippen LogP contribution in [0.3, 0.4) is 0 Å². The monoisotopic (exact) mass is 305 g/mol. The summed E-state index contributed by atoms with van der Waals surface area (Å²) in [6, 6.07) is 14.5. The van der Waals surface area contributed by atoms with Crippen LogP contribution in [0.25, 0.3) is 0 Å². The van der Waals surface area contributed by atoms with Gasteiger partial charge in [-0.25, -0.2) is 0 Å². The van der Waals surface area contributed by atoms with Crippen molar-refractivity contribution in [3.8, 4) is 5.75 Å². The standard InChI is InChI=1S/C14H12BrNO2/c1-18-11-7-8-13(12(15)9-11)16-14(17)10-5-3-2-4-6-10/h2-9H,1H3,(H,16,17). The Labute approximate surface area is 114 Å². The van der Waals surface area contributed by atoms with Crippen molar-refractivity contribution < 1.29 is 9.53 Å². The van der Waals surface area contributed by atoms with Crippen molar-refractivity contribution in [2.45, 2.75) is 0 Å². The van der Waals surface area contributed by atoms with Gasteiger partial charge in [0.1, 0.15) is 5.75 Å². The molecule has 0 fully saturated rings. The Balaban J connectivity index is 2.17. The molecule has 0 saturated carbocycles. The van der Waals surface area contributed by atoms with Crippen molar-refractivity contribution >= 4 is 27.5 Å². The van der Waals surface area contributed by atoms with E-state index in [4.69, 9.17) is 4.74 Å². The van der Waals surface area contributed by atoms with Crippen LogP contribution in [-0.2, 0) is 0 Å². The average molecular weight is 306 g/mol. The van der Waals surface area contributed by atoms with Gasteiger partial charge in [-0.15, -0.1) is 0 Å². The van der Waals surface area contributed by atoms with Crippen LogP contribution in [0.2, 0.25) is 0 Å². The summed E-state index contributed by atoms with van der Waals surface area (Å²) >= 11 is 3.39. The molecule has 1 amide bonds. The third kappa shape index (κ3) is 2.90. The fourth-order valence-electron chi connectivity index (χ4n) is 1.51. The van der Waals surface area contributed by atoms with Gasteiger partial charge in [0.25, 0.3) is 5.91 Å². The first-order valence-corrected chi connectivity index (χ1v) is 6.20. The molecule has 0 radical (unpaired) electrons. The van der Waals surface area contributed by atoms with E-state index >= 15 is 0 Å². The fraction of sp³-hybridized carbons (Fsp3) is 0.0714. The zero-order valence-electron chi connectivity index (χ0n) is 9.81. The van der Waals surface area contributed by atoms with Crippen LogP contribution in [0, 0.1) is 0 Å². The van der Waals surface area contributed by atoms with Crippen molar-refractivity contribution in [2.24, 2.45) is 0 Å². The highest BCUT2D eigenvalue weighted by molar-refractivity contribution is 9.10. The summed E-state index contributed by atoms with van der Waals surface area (Å²) in [5, 5.41) is 2.84. The minimum Gasteiger partial charge on any atom is -0.497 e. The molecule has 2 aromatic carbocycles. The Kier molecular flexibility index (Phi) is 3.99. The molecule has 0 aliphatic heterocycles. The topological polar surface area (TPSA) is 38.3 Å². The van der Waals surface area contributed by atoms with Crippen molar-refractivity contribution in [3.05, 3.63) is 58.6 Å². The lowest BCUT2D eigenvalue weighted by molar-refractivity contribution is 0.102. The molecule has 0 atom stereocenters. The molecular weight excluding hydrogens is 294 g/mol. The minimum atomic E-state index is -0.138. The molecule has 4 heteroatoms. The highest BCUT2D eigenvalue weighted by Gasteiger charge is 2.08. The maximum atomic E-state index is 12.0. The summed E-state index contributed by atoms with van der Waals surface area (Å²) in [6.45, 7) is 0. The maximum Gasteiger partial charge on any atom is 0.255 e. The molecule has 0 spiro atoms. The Hall–Kier alpha value is -1.81. The van der Waals surface area contributed by atoms with E-state index in [2.05, 4.69) is 21.2 Å². The van der Waals surface area contributed by atoms with E-state index in [0.717, 1.165) is 10.2 Å². The Bertz CT molecular complexity index is 555. The second kappa shape index (κ2) is 5.69. The van der Waals surface area contributed by atoms with Gasteiger partial charge in [-0.1, -0.05) is 18.2 Å². The lowest BCUT2D eigenvalue weighted by Crippen LogP contribution is -2.11. The van der Waals surface area contributed by atoms with Gasteiger partial charge in [0.2, 0.25) is 0 Å². The highest BCUT2D eigenvalue weighted by Crippen LogP contribution is 2.27. The zero-order chi connectivity index (χ0) is 13.0.